The number of nitrogens with one attached hydrogen (secondary N) is 1. The molecule has 1 rings (SSSR count). The normalized spacial score (nSPS) is 12.1. The third-order valence-electron chi connectivity index (χ3n) is 2.97. The molecule has 0 spiro atoms. The van der Waals surface area contributed by atoms with Crippen molar-refractivity contribution in [2.75, 3.05) is 19.6 Å². The topological polar surface area (TPSA) is 41.5 Å². The van der Waals surface area contributed by atoms with Gasteiger partial charge in [0, 0.05) is 19.0 Å². The van der Waals surface area contributed by atoms with Crippen LogP contribution in [0.1, 0.15) is 17.5 Å². The lowest BCUT2D eigenvalue weighted by molar-refractivity contribution is -0.111. The Kier molecular flexibility index (Phi) is 6.96. The van der Waals surface area contributed by atoms with Crippen molar-refractivity contribution in [3.63, 3.8) is 0 Å². The van der Waals surface area contributed by atoms with Gasteiger partial charge >= 0.3 is 0 Å². The summed E-state index contributed by atoms with van der Waals surface area (Å²) < 4.78 is 0. The van der Waals surface area contributed by atoms with E-state index in [1.54, 1.807) is 0 Å². The van der Waals surface area contributed by atoms with E-state index >= 15 is 0 Å². The second-order valence-corrected chi connectivity index (χ2v) is 4.57. The average Bonchev–Trinajstić information content (AvgIpc) is 2.40. The maximum absolute atomic E-state index is 11.0. The molecule has 1 aromatic rings. The minimum atomic E-state index is 0.0797. The summed E-state index contributed by atoms with van der Waals surface area (Å²) in [7, 11) is 0. The number of hydrogen-bond donors (Lipinski definition) is 1. The van der Waals surface area contributed by atoms with Crippen LogP contribution in [0, 0.1) is 12.8 Å². The third-order valence-corrected chi connectivity index (χ3v) is 2.97. The Hall–Kier alpha value is -1.48. The molecule has 1 N–H and O–H groups in total. The van der Waals surface area contributed by atoms with E-state index in [4.69, 9.17) is 0 Å². The molecule has 0 aliphatic heterocycles. The molecular weight excluding hydrogens is 224 g/mol. The second kappa shape index (κ2) is 8.59. The molecule has 98 valence electrons. The third kappa shape index (κ3) is 5.73. The summed E-state index contributed by atoms with van der Waals surface area (Å²) in [6.07, 6.45) is 2.88. The van der Waals surface area contributed by atoms with E-state index in [0.717, 1.165) is 32.2 Å². The maximum atomic E-state index is 11.0. The number of aryl methyl sites for hydroxylation is 2. The fraction of sp³-hybridized carbons (Fsp3) is 0.467. The highest BCUT2D eigenvalue weighted by atomic mass is 16.1. The van der Waals surface area contributed by atoms with Crippen LogP contribution in [0.15, 0.2) is 29.3 Å². The Morgan fingerprint density at radius 1 is 1.39 bits per heavy atom. The van der Waals surface area contributed by atoms with E-state index in [1.807, 2.05) is 0 Å². The van der Waals surface area contributed by atoms with Gasteiger partial charge in [-0.3, -0.25) is 4.99 Å². The molecule has 0 aliphatic carbocycles. The van der Waals surface area contributed by atoms with Gasteiger partial charge in [-0.15, -0.1) is 0 Å². The van der Waals surface area contributed by atoms with Crippen LogP contribution in [0.2, 0.25) is 0 Å². The Morgan fingerprint density at radius 3 is 2.72 bits per heavy atom. The first-order valence-corrected chi connectivity index (χ1v) is 6.40. The molecule has 1 unspecified atom stereocenters. The highest BCUT2D eigenvalue weighted by Gasteiger charge is 2.06. The van der Waals surface area contributed by atoms with Crippen molar-refractivity contribution in [3.8, 4) is 0 Å². The molecular formula is C15H22N2O. The van der Waals surface area contributed by atoms with Crippen molar-refractivity contribution >= 4 is 13.0 Å². The molecule has 0 heterocycles. The summed E-state index contributed by atoms with van der Waals surface area (Å²) in [5, 5.41) is 3.22. The van der Waals surface area contributed by atoms with Crippen LogP contribution in [0.4, 0.5) is 0 Å². The summed E-state index contributed by atoms with van der Waals surface area (Å²) in [4.78, 5) is 14.7. The van der Waals surface area contributed by atoms with Crippen molar-refractivity contribution in [1.29, 1.82) is 0 Å². The van der Waals surface area contributed by atoms with Gasteiger partial charge in [0.15, 0.2) is 0 Å². The smallest absolute Gasteiger partial charge is 0.124 e. The molecule has 0 aromatic heterocycles. The Morgan fingerprint density at radius 2 is 2.11 bits per heavy atom. The Balaban J connectivity index is 2.28. The van der Waals surface area contributed by atoms with Crippen molar-refractivity contribution in [3.05, 3.63) is 35.4 Å². The molecule has 0 amide bonds. The molecule has 0 radical (unpaired) electrons. The molecule has 0 fully saturated rings. The zero-order valence-corrected chi connectivity index (χ0v) is 11.1. The van der Waals surface area contributed by atoms with Crippen LogP contribution >= 0.6 is 0 Å². The Labute approximate surface area is 109 Å². The van der Waals surface area contributed by atoms with Crippen LogP contribution in [0.5, 0.6) is 0 Å². The predicted molar refractivity (Wildman–Crippen MR) is 76.3 cm³/mol. The van der Waals surface area contributed by atoms with E-state index in [2.05, 4.69) is 48.2 Å². The molecule has 0 aliphatic rings. The lowest BCUT2D eigenvalue weighted by atomic mass is 10.00. The zero-order valence-electron chi connectivity index (χ0n) is 11.1. The quantitative estimate of drug-likeness (QED) is 0.411. The molecule has 3 nitrogen and oxygen atoms in total. The molecule has 1 atom stereocenters. The minimum absolute atomic E-state index is 0.0797. The van der Waals surface area contributed by atoms with E-state index in [1.165, 1.54) is 11.1 Å². The molecule has 0 saturated carbocycles. The van der Waals surface area contributed by atoms with Crippen molar-refractivity contribution in [2.45, 2.75) is 19.8 Å². The molecule has 3 heteroatoms. The van der Waals surface area contributed by atoms with Crippen molar-refractivity contribution < 1.29 is 4.79 Å². The van der Waals surface area contributed by atoms with Gasteiger partial charge in [0.1, 0.15) is 6.29 Å². The molecule has 18 heavy (non-hydrogen) atoms. The van der Waals surface area contributed by atoms with E-state index in [-0.39, 0.29) is 5.92 Å². The monoisotopic (exact) mass is 246 g/mol. The highest BCUT2D eigenvalue weighted by molar-refractivity contribution is 5.53. The van der Waals surface area contributed by atoms with Crippen LogP contribution in [-0.4, -0.2) is 32.6 Å². The predicted octanol–water partition coefficient (Wildman–Crippen LogP) is 2.03. The number of aldehydes is 1. The number of carbonyl (C=O) groups excluding carboxylic acids is 1. The van der Waals surface area contributed by atoms with Crippen LogP contribution in [0.25, 0.3) is 0 Å². The van der Waals surface area contributed by atoms with Gasteiger partial charge in [0.05, 0.1) is 6.54 Å². The Bertz CT molecular complexity index is 359. The lowest BCUT2D eigenvalue weighted by Crippen LogP contribution is -2.26. The first-order chi connectivity index (χ1) is 8.76. The van der Waals surface area contributed by atoms with Gasteiger partial charge in [0.2, 0.25) is 0 Å². The van der Waals surface area contributed by atoms with Gasteiger partial charge in [-0.2, -0.15) is 0 Å². The van der Waals surface area contributed by atoms with Gasteiger partial charge < -0.3 is 10.1 Å². The number of benzene rings is 1. The highest BCUT2D eigenvalue weighted by Crippen LogP contribution is 2.09. The average molecular weight is 246 g/mol. The van der Waals surface area contributed by atoms with E-state index in [9.17, 15) is 4.79 Å². The first kappa shape index (κ1) is 14.6. The molecule has 0 saturated heterocycles. The standard InChI is InChI=1S/C15H22N2O/c1-13-3-5-14(6-4-13)7-8-15(12-18)11-17-10-9-16-2/h3-6,12,15,17H,2,7-11H2,1H3. The minimum Gasteiger partial charge on any atom is -0.314 e. The van der Waals surface area contributed by atoms with E-state index < -0.39 is 0 Å². The summed E-state index contributed by atoms with van der Waals surface area (Å²) >= 11 is 0. The lowest BCUT2D eigenvalue weighted by Gasteiger charge is -2.11. The number of rotatable bonds is 9. The summed E-state index contributed by atoms with van der Waals surface area (Å²) in [6.45, 7) is 7.72. The number of nitrogens with zero attached hydrogens (tertiary/aromatic N) is 1. The summed E-state index contributed by atoms with van der Waals surface area (Å²) in [5.74, 6) is 0.0797. The number of carbonyl (C=O) groups is 1. The van der Waals surface area contributed by atoms with Gasteiger partial charge in [-0.1, -0.05) is 29.8 Å². The van der Waals surface area contributed by atoms with Crippen LogP contribution < -0.4 is 5.32 Å². The molecule has 0 bridgehead atoms. The van der Waals surface area contributed by atoms with Crippen LogP contribution in [-0.2, 0) is 11.2 Å². The maximum Gasteiger partial charge on any atom is 0.124 e. The largest absolute Gasteiger partial charge is 0.314 e. The van der Waals surface area contributed by atoms with Crippen molar-refractivity contribution in [2.24, 2.45) is 10.9 Å². The van der Waals surface area contributed by atoms with Crippen LogP contribution in [0.3, 0.4) is 0 Å². The SMILES string of the molecule is C=NCCNCC(C=O)CCc1ccc(C)cc1. The molecule has 1 aromatic carbocycles. The van der Waals surface area contributed by atoms with Gasteiger partial charge in [-0.05, 0) is 32.0 Å². The second-order valence-electron chi connectivity index (χ2n) is 4.57. The van der Waals surface area contributed by atoms with E-state index in [0.29, 0.717) is 6.54 Å². The first-order valence-electron chi connectivity index (χ1n) is 6.40. The fourth-order valence-electron chi connectivity index (χ4n) is 1.77. The van der Waals surface area contributed by atoms with Gasteiger partial charge in [-0.25, -0.2) is 0 Å². The summed E-state index contributed by atoms with van der Waals surface area (Å²) in [5.41, 5.74) is 2.56. The number of hydrogen-bond acceptors (Lipinski definition) is 3. The van der Waals surface area contributed by atoms with Crippen molar-refractivity contribution in [1.82, 2.24) is 5.32 Å². The van der Waals surface area contributed by atoms with Gasteiger partial charge in [0.25, 0.3) is 0 Å². The zero-order chi connectivity index (χ0) is 13.2. The fourth-order valence-corrected chi connectivity index (χ4v) is 1.77. The number of aliphatic imine (C=N–C) groups is 1. The summed E-state index contributed by atoms with van der Waals surface area (Å²) in [6, 6.07) is 8.48.